The van der Waals surface area contributed by atoms with Gasteiger partial charge in [0.2, 0.25) is 0 Å². The second kappa shape index (κ2) is 9.47. The van der Waals surface area contributed by atoms with Gasteiger partial charge in [-0.15, -0.1) is 0 Å². The molecule has 0 unspecified atom stereocenters. The van der Waals surface area contributed by atoms with E-state index in [1.165, 1.54) is 12.1 Å². The molecule has 1 aromatic carbocycles. The predicted octanol–water partition coefficient (Wildman–Crippen LogP) is 3.48. The summed E-state index contributed by atoms with van der Waals surface area (Å²) in [6.07, 6.45) is 2.72. The van der Waals surface area contributed by atoms with Crippen LogP contribution >= 0.6 is 0 Å². The molecule has 132 valence electrons. The molecule has 0 aliphatic heterocycles. The van der Waals surface area contributed by atoms with Crippen LogP contribution in [-0.2, 0) is 20.3 Å². The summed E-state index contributed by atoms with van der Waals surface area (Å²) < 4.78 is 43.7. The fourth-order valence-electron chi connectivity index (χ4n) is 2.49. The number of benzene rings is 1. The largest absolute Gasteiger partial charge is 0.380 e. The Bertz CT molecular complexity index is 451. The monoisotopic (exact) mass is 346 g/mol. The van der Waals surface area contributed by atoms with Gasteiger partial charge >= 0.3 is 0 Å². The number of unbranched alkanes of at least 4 members (excludes halogenated alkanes) is 1. The molecule has 0 atom stereocenters. The molecule has 0 heterocycles. The van der Waals surface area contributed by atoms with Gasteiger partial charge in [-0.1, -0.05) is 0 Å². The van der Waals surface area contributed by atoms with Crippen molar-refractivity contribution in [2.45, 2.75) is 71.6 Å². The number of rotatable bonds is 10. The van der Waals surface area contributed by atoms with Crippen LogP contribution in [-0.4, -0.2) is 28.7 Å². The highest BCUT2D eigenvalue weighted by Crippen LogP contribution is 2.26. The molecule has 3 nitrogen and oxygen atoms in total. The van der Waals surface area contributed by atoms with Gasteiger partial charge in [-0.2, -0.15) is 0 Å². The standard InChI is InChI=1S/C17H28F2O3Si/c1-12(2)20-17(22-23,21-13(3)4)8-6-5-7-14-9-15(18)11-16(19)10-14/h9-13H,5-8H2,1-4,23H3. The van der Waals surface area contributed by atoms with E-state index in [0.29, 0.717) is 28.9 Å². The topological polar surface area (TPSA) is 27.7 Å². The molecular formula is C17H28F2O3Si. The number of aryl methyl sites for hydroxylation is 1. The minimum absolute atomic E-state index is 0.0139. The van der Waals surface area contributed by atoms with Gasteiger partial charge in [0.1, 0.15) is 11.6 Å². The lowest BCUT2D eigenvalue weighted by molar-refractivity contribution is -0.369. The van der Waals surface area contributed by atoms with E-state index in [2.05, 4.69) is 0 Å². The van der Waals surface area contributed by atoms with Gasteiger partial charge in [-0.25, -0.2) is 8.78 Å². The van der Waals surface area contributed by atoms with Crippen molar-refractivity contribution in [3.63, 3.8) is 0 Å². The van der Waals surface area contributed by atoms with Gasteiger partial charge in [-0.3, -0.25) is 0 Å². The fourth-order valence-corrected chi connectivity index (χ4v) is 2.88. The van der Waals surface area contributed by atoms with Crippen LogP contribution in [0.3, 0.4) is 0 Å². The molecule has 0 N–H and O–H groups in total. The molecular weight excluding hydrogens is 318 g/mol. The van der Waals surface area contributed by atoms with Crippen LogP contribution < -0.4 is 0 Å². The SMILES string of the molecule is CC(C)OC(CCCCc1cc(F)cc(F)c1)(O[SiH3])OC(C)C. The number of ether oxygens (including phenoxy) is 2. The Morgan fingerprint density at radius 2 is 1.48 bits per heavy atom. The maximum absolute atomic E-state index is 13.2. The molecule has 0 amide bonds. The van der Waals surface area contributed by atoms with Gasteiger partial charge in [0, 0.05) is 12.5 Å². The molecule has 1 aromatic rings. The zero-order valence-electron chi connectivity index (χ0n) is 14.7. The van der Waals surface area contributed by atoms with Crippen molar-refractivity contribution >= 4 is 10.5 Å². The number of hydrogen-bond donors (Lipinski definition) is 0. The molecule has 0 aliphatic rings. The third kappa shape index (κ3) is 7.52. The van der Waals surface area contributed by atoms with Crippen LogP contribution in [0.4, 0.5) is 8.78 Å². The van der Waals surface area contributed by atoms with E-state index in [0.717, 1.165) is 18.9 Å². The quantitative estimate of drug-likeness (QED) is 0.369. The highest BCUT2D eigenvalue weighted by atomic mass is 28.2. The first kappa shape index (κ1) is 20.2. The highest BCUT2D eigenvalue weighted by molar-refractivity contribution is 5.98. The smallest absolute Gasteiger partial charge is 0.273 e. The third-order valence-corrected chi connectivity index (χ3v) is 3.88. The second-order valence-electron chi connectivity index (χ2n) is 6.21. The molecule has 0 saturated carbocycles. The molecule has 0 fully saturated rings. The molecule has 0 radical (unpaired) electrons. The summed E-state index contributed by atoms with van der Waals surface area (Å²) in [5.41, 5.74) is 0.662. The van der Waals surface area contributed by atoms with Gasteiger partial charge < -0.3 is 13.9 Å². The van der Waals surface area contributed by atoms with E-state index in [9.17, 15) is 8.78 Å². The number of halogens is 2. The van der Waals surface area contributed by atoms with Crippen LogP contribution in [0.2, 0.25) is 0 Å². The third-order valence-electron chi connectivity index (χ3n) is 3.26. The van der Waals surface area contributed by atoms with Crippen LogP contribution in [0.15, 0.2) is 18.2 Å². The summed E-state index contributed by atoms with van der Waals surface area (Å²) in [5.74, 6) is -2.09. The molecule has 1 rings (SSSR count). The minimum atomic E-state index is -1.01. The molecule has 0 bridgehead atoms. The Hall–Kier alpha value is -0.823. The van der Waals surface area contributed by atoms with E-state index in [-0.39, 0.29) is 12.2 Å². The first-order valence-electron chi connectivity index (χ1n) is 8.12. The van der Waals surface area contributed by atoms with E-state index >= 15 is 0 Å². The molecule has 6 heteroatoms. The van der Waals surface area contributed by atoms with Crippen molar-refractivity contribution in [1.82, 2.24) is 0 Å². The second-order valence-corrected chi connectivity index (χ2v) is 6.61. The lowest BCUT2D eigenvalue weighted by atomic mass is 10.1. The maximum Gasteiger partial charge on any atom is 0.273 e. The zero-order valence-corrected chi connectivity index (χ0v) is 16.7. The Kier molecular flexibility index (Phi) is 8.32. The van der Waals surface area contributed by atoms with Crippen molar-refractivity contribution in [1.29, 1.82) is 0 Å². The molecule has 0 aliphatic carbocycles. The van der Waals surface area contributed by atoms with Crippen molar-refractivity contribution in [3.8, 4) is 0 Å². The number of hydrogen-bond acceptors (Lipinski definition) is 3. The molecule has 23 heavy (non-hydrogen) atoms. The molecule has 0 aromatic heterocycles. The summed E-state index contributed by atoms with van der Waals surface area (Å²) in [4.78, 5) is 0. The van der Waals surface area contributed by atoms with Gasteiger partial charge in [0.25, 0.3) is 5.97 Å². The predicted molar refractivity (Wildman–Crippen MR) is 90.1 cm³/mol. The zero-order chi connectivity index (χ0) is 17.5. The van der Waals surface area contributed by atoms with Crippen LogP contribution in [0.5, 0.6) is 0 Å². The van der Waals surface area contributed by atoms with E-state index in [4.69, 9.17) is 13.9 Å². The Labute approximate surface area is 140 Å². The summed E-state index contributed by atoms with van der Waals surface area (Å²) in [6, 6.07) is 3.63. The molecule has 0 spiro atoms. The van der Waals surface area contributed by atoms with E-state index < -0.39 is 17.6 Å². The first-order chi connectivity index (χ1) is 10.8. The summed E-state index contributed by atoms with van der Waals surface area (Å²) >= 11 is 0. The van der Waals surface area contributed by atoms with Crippen molar-refractivity contribution in [2.75, 3.05) is 0 Å². The summed E-state index contributed by atoms with van der Waals surface area (Å²) in [5, 5.41) is 0. The lowest BCUT2D eigenvalue weighted by Gasteiger charge is -2.36. The van der Waals surface area contributed by atoms with Crippen LogP contribution in [0.25, 0.3) is 0 Å². The maximum atomic E-state index is 13.2. The molecule has 0 saturated heterocycles. The van der Waals surface area contributed by atoms with Gasteiger partial charge in [0.05, 0.1) is 12.2 Å². The van der Waals surface area contributed by atoms with E-state index in [1.54, 1.807) is 0 Å². The average molecular weight is 346 g/mol. The Balaban J connectivity index is 2.57. The summed E-state index contributed by atoms with van der Waals surface area (Å²) in [7, 11) is 0.499. The Morgan fingerprint density at radius 1 is 0.957 bits per heavy atom. The van der Waals surface area contributed by atoms with Crippen LogP contribution in [0, 0.1) is 11.6 Å². The van der Waals surface area contributed by atoms with Gasteiger partial charge in [0.15, 0.2) is 10.5 Å². The highest BCUT2D eigenvalue weighted by Gasteiger charge is 2.33. The summed E-state index contributed by atoms with van der Waals surface area (Å²) in [6.45, 7) is 7.76. The van der Waals surface area contributed by atoms with Crippen molar-refractivity contribution < 1.29 is 22.7 Å². The Morgan fingerprint density at radius 3 is 1.91 bits per heavy atom. The van der Waals surface area contributed by atoms with Gasteiger partial charge in [-0.05, 0) is 64.7 Å². The van der Waals surface area contributed by atoms with Crippen molar-refractivity contribution in [2.24, 2.45) is 0 Å². The lowest BCUT2D eigenvalue weighted by Crippen LogP contribution is -2.42. The fraction of sp³-hybridized carbons (Fsp3) is 0.647. The van der Waals surface area contributed by atoms with Crippen LogP contribution in [0.1, 0.15) is 52.5 Å². The minimum Gasteiger partial charge on any atom is -0.380 e. The normalized spacial score (nSPS) is 12.5. The first-order valence-corrected chi connectivity index (χ1v) is 8.94. The van der Waals surface area contributed by atoms with E-state index in [1.807, 2.05) is 27.7 Å². The van der Waals surface area contributed by atoms with Crippen molar-refractivity contribution in [3.05, 3.63) is 35.4 Å². The average Bonchev–Trinajstić information content (AvgIpc) is 2.41.